The van der Waals surface area contributed by atoms with Crippen molar-refractivity contribution in [1.29, 1.82) is 0 Å². The van der Waals surface area contributed by atoms with Crippen molar-refractivity contribution in [3.8, 4) is 0 Å². The molecule has 2 rings (SSSR count). The number of nitrogens with one attached hydrogen (secondary N) is 1. The molecule has 0 aliphatic rings. The summed E-state index contributed by atoms with van der Waals surface area (Å²) < 4.78 is 13.9. The van der Waals surface area contributed by atoms with Gasteiger partial charge in [0.05, 0.1) is 5.69 Å². The van der Waals surface area contributed by atoms with Crippen LogP contribution in [0.25, 0.3) is 0 Å². The van der Waals surface area contributed by atoms with Crippen LogP contribution in [-0.4, -0.2) is 5.91 Å². The first-order chi connectivity index (χ1) is 8.97. The van der Waals surface area contributed by atoms with E-state index >= 15 is 0 Å². The second-order valence-electron chi connectivity index (χ2n) is 4.15. The second kappa shape index (κ2) is 5.56. The van der Waals surface area contributed by atoms with Crippen molar-refractivity contribution < 1.29 is 9.18 Å². The molecule has 0 aliphatic carbocycles. The number of carbonyl (C=O) groups is 1. The number of hydrogen-bond donors (Lipinski definition) is 2. The normalized spacial score (nSPS) is 10.3. The van der Waals surface area contributed by atoms with Crippen LogP contribution in [0.2, 0.25) is 0 Å². The third-order valence-corrected chi connectivity index (χ3v) is 3.65. The van der Waals surface area contributed by atoms with Crippen molar-refractivity contribution in [2.75, 3.05) is 11.1 Å². The van der Waals surface area contributed by atoms with Crippen LogP contribution in [0.15, 0.2) is 36.4 Å². The molecule has 0 heterocycles. The monoisotopic (exact) mass is 370 g/mol. The van der Waals surface area contributed by atoms with Crippen LogP contribution < -0.4 is 11.1 Å². The average Bonchev–Trinajstić information content (AvgIpc) is 2.37. The number of nitrogen functional groups attached to an aromatic ring is 1. The van der Waals surface area contributed by atoms with E-state index in [1.54, 1.807) is 24.3 Å². The first-order valence-electron chi connectivity index (χ1n) is 5.60. The highest BCUT2D eigenvalue weighted by Gasteiger charge is 2.10. The Hall–Kier alpha value is -1.63. The van der Waals surface area contributed by atoms with E-state index in [4.69, 9.17) is 5.73 Å². The van der Waals surface area contributed by atoms with Gasteiger partial charge in [0.25, 0.3) is 5.91 Å². The number of hydrogen-bond acceptors (Lipinski definition) is 2. The molecular weight excluding hydrogens is 358 g/mol. The van der Waals surface area contributed by atoms with Gasteiger partial charge in [0.15, 0.2) is 0 Å². The van der Waals surface area contributed by atoms with E-state index < -0.39 is 0 Å². The van der Waals surface area contributed by atoms with E-state index in [-0.39, 0.29) is 11.7 Å². The minimum Gasteiger partial charge on any atom is -0.399 e. The second-order valence-corrected chi connectivity index (χ2v) is 5.31. The summed E-state index contributed by atoms with van der Waals surface area (Å²) in [5.74, 6) is -0.671. The van der Waals surface area contributed by atoms with Crippen LogP contribution in [0.1, 0.15) is 15.9 Å². The molecule has 0 atom stereocenters. The Morgan fingerprint density at radius 3 is 2.68 bits per heavy atom. The molecule has 0 spiro atoms. The van der Waals surface area contributed by atoms with Crippen molar-refractivity contribution in [3.63, 3.8) is 0 Å². The molecule has 5 heteroatoms. The highest BCUT2D eigenvalue weighted by Crippen LogP contribution is 2.20. The maximum Gasteiger partial charge on any atom is 0.255 e. The molecule has 1 amide bonds. The number of rotatable bonds is 2. The Labute approximate surface area is 124 Å². The topological polar surface area (TPSA) is 55.1 Å². The van der Waals surface area contributed by atoms with Crippen molar-refractivity contribution >= 4 is 39.9 Å². The molecule has 98 valence electrons. The van der Waals surface area contributed by atoms with Gasteiger partial charge in [0.1, 0.15) is 5.82 Å². The fourth-order valence-electron chi connectivity index (χ4n) is 1.60. The van der Waals surface area contributed by atoms with Crippen molar-refractivity contribution in [2.45, 2.75) is 6.92 Å². The van der Waals surface area contributed by atoms with Gasteiger partial charge in [0, 0.05) is 14.8 Å². The fraction of sp³-hybridized carbons (Fsp3) is 0.0714. The lowest BCUT2D eigenvalue weighted by molar-refractivity contribution is 0.102. The molecule has 0 bridgehead atoms. The van der Waals surface area contributed by atoms with Gasteiger partial charge in [-0.05, 0) is 71.5 Å². The Kier molecular flexibility index (Phi) is 4.04. The molecule has 2 aromatic rings. The van der Waals surface area contributed by atoms with Crippen molar-refractivity contribution in [3.05, 3.63) is 56.9 Å². The molecule has 0 saturated heterocycles. The SMILES string of the molecule is Cc1cc(C(=O)Nc2cc(F)ccc2I)ccc1N. The van der Waals surface area contributed by atoms with Gasteiger partial charge in [-0.15, -0.1) is 0 Å². The maximum atomic E-state index is 13.1. The largest absolute Gasteiger partial charge is 0.399 e. The third kappa shape index (κ3) is 3.23. The molecule has 0 aliphatic heterocycles. The standard InChI is InChI=1S/C14H12FIN2O/c1-8-6-9(2-5-12(8)17)14(19)18-13-7-10(15)3-4-11(13)16/h2-7H,17H2,1H3,(H,18,19). The molecule has 0 radical (unpaired) electrons. The Morgan fingerprint density at radius 1 is 1.26 bits per heavy atom. The zero-order chi connectivity index (χ0) is 14.0. The number of anilines is 2. The molecule has 3 nitrogen and oxygen atoms in total. The molecule has 0 fully saturated rings. The van der Waals surface area contributed by atoms with Crippen molar-refractivity contribution in [2.24, 2.45) is 0 Å². The maximum absolute atomic E-state index is 13.1. The summed E-state index contributed by atoms with van der Waals surface area (Å²) in [5, 5.41) is 2.69. The predicted octanol–water partition coefficient (Wildman–Crippen LogP) is 3.57. The third-order valence-electron chi connectivity index (χ3n) is 2.71. The van der Waals surface area contributed by atoms with Gasteiger partial charge in [-0.25, -0.2) is 4.39 Å². The van der Waals surface area contributed by atoms with E-state index in [2.05, 4.69) is 5.32 Å². The Morgan fingerprint density at radius 2 is 2.00 bits per heavy atom. The fourth-order valence-corrected chi connectivity index (χ4v) is 2.08. The first kappa shape index (κ1) is 13.8. The predicted molar refractivity (Wildman–Crippen MR) is 82.7 cm³/mol. The number of halogens is 2. The highest BCUT2D eigenvalue weighted by molar-refractivity contribution is 14.1. The minimum atomic E-state index is -0.385. The van der Waals surface area contributed by atoms with Gasteiger partial charge >= 0.3 is 0 Å². The van der Waals surface area contributed by atoms with Crippen LogP contribution in [0.4, 0.5) is 15.8 Å². The van der Waals surface area contributed by atoms with Crippen LogP contribution in [0.5, 0.6) is 0 Å². The Bertz CT molecular complexity index is 643. The van der Waals surface area contributed by atoms with Gasteiger partial charge in [-0.3, -0.25) is 4.79 Å². The zero-order valence-electron chi connectivity index (χ0n) is 10.2. The lowest BCUT2D eigenvalue weighted by Gasteiger charge is -2.09. The van der Waals surface area contributed by atoms with Crippen LogP contribution in [-0.2, 0) is 0 Å². The molecule has 2 aromatic carbocycles. The molecule has 0 saturated carbocycles. The summed E-state index contributed by atoms with van der Waals surface area (Å²) in [4.78, 5) is 12.1. The molecule has 0 unspecified atom stereocenters. The smallest absolute Gasteiger partial charge is 0.255 e. The average molecular weight is 370 g/mol. The summed E-state index contributed by atoms with van der Waals surface area (Å²) >= 11 is 2.04. The van der Waals surface area contributed by atoms with Crippen molar-refractivity contribution in [1.82, 2.24) is 0 Å². The highest BCUT2D eigenvalue weighted by atomic mass is 127. The van der Waals surface area contributed by atoms with Gasteiger partial charge in [-0.2, -0.15) is 0 Å². The van der Waals surface area contributed by atoms with Gasteiger partial charge in [0.2, 0.25) is 0 Å². The number of benzene rings is 2. The zero-order valence-corrected chi connectivity index (χ0v) is 12.4. The first-order valence-corrected chi connectivity index (χ1v) is 6.68. The van der Waals surface area contributed by atoms with E-state index in [9.17, 15) is 9.18 Å². The van der Waals surface area contributed by atoms with E-state index in [1.165, 1.54) is 12.1 Å². The van der Waals surface area contributed by atoms with Gasteiger partial charge in [-0.1, -0.05) is 0 Å². The number of amides is 1. The molecular formula is C14H12FIN2O. The van der Waals surface area contributed by atoms with Crippen LogP contribution in [0.3, 0.4) is 0 Å². The summed E-state index contributed by atoms with van der Waals surface area (Å²) in [6.45, 7) is 1.83. The van der Waals surface area contributed by atoms with E-state index in [0.717, 1.165) is 9.13 Å². The number of aryl methyl sites for hydroxylation is 1. The molecule has 0 aromatic heterocycles. The lowest BCUT2D eigenvalue weighted by atomic mass is 10.1. The minimum absolute atomic E-state index is 0.286. The molecule has 3 N–H and O–H groups in total. The molecule has 19 heavy (non-hydrogen) atoms. The number of carbonyl (C=O) groups excluding carboxylic acids is 1. The number of nitrogens with two attached hydrogens (primary N) is 1. The summed E-state index contributed by atoms with van der Waals surface area (Å²) in [7, 11) is 0. The lowest BCUT2D eigenvalue weighted by Crippen LogP contribution is -2.13. The Balaban J connectivity index is 2.25. The summed E-state index contributed by atoms with van der Waals surface area (Å²) in [6, 6.07) is 9.29. The summed E-state index contributed by atoms with van der Waals surface area (Å²) in [5.41, 5.74) is 8.12. The van der Waals surface area contributed by atoms with E-state index in [0.29, 0.717) is 16.9 Å². The van der Waals surface area contributed by atoms with Crippen LogP contribution in [0, 0.1) is 16.3 Å². The van der Waals surface area contributed by atoms with Crippen LogP contribution >= 0.6 is 22.6 Å². The van der Waals surface area contributed by atoms with Gasteiger partial charge < -0.3 is 11.1 Å². The quantitative estimate of drug-likeness (QED) is 0.627. The van der Waals surface area contributed by atoms with E-state index in [1.807, 2.05) is 29.5 Å². The summed E-state index contributed by atoms with van der Waals surface area (Å²) in [6.07, 6.45) is 0.